The molecule has 0 aromatic heterocycles. The molecule has 168 valence electrons. The van der Waals surface area contributed by atoms with Crippen LogP contribution in [-0.2, 0) is 16.4 Å². The Morgan fingerprint density at radius 1 is 0.935 bits per heavy atom. The summed E-state index contributed by atoms with van der Waals surface area (Å²) in [6.07, 6.45) is 6.19. The van der Waals surface area contributed by atoms with Crippen molar-refractivity contribution in [1.29, 1.82) is 0 Å². The highest BCUT2D eigenvalue weighted by atomic mass is 35.5. The fourth-order valence-corrected chi connectivity index (χ4v) is 7.10. The molecule has 2 aromatic rings. The van der Waals surface area contributed by atoms with Gasteiger partial charge in [-0.2, -0.15) is 0 Å². The van der Waals surface area contributed by atoms with E-state index in [1.807, 2.05) is 12.1 Å². The summed E-state index contributed by atoms with van der Waals surface area (Å²) in [6.45, 7) is 2.00. The Morgan fingerprint density at radius 2 is 1.65 bits per heavy atom. The number of rotatable bonds is 6. The molecule has 2 fully saturated rings. The van der Waals surface area contributed by atoms with Gasteiger partial charge in [0.05, 0.1) is 10.0 Å². The Labute approximate surface area is 199 Å². The first-order valence-corrected chi connectivity index (χ1v) is 13.4. The Bertz CT molecular complexity index is 1010. The number of halogens is 3. The number of piperidine rings is 1. The van der Waals surface area contributed by atoms with Crippen LogP contribution in [0.2, 0.25) is 15.1 Å². The van der Waals surface area contributed by atoms with Crippen molar-refractivity contribution in [1.82, 2.24) is 9.62 Å². The molecule has 0 radical (unpaired) electrons. The molecule has 31 heavy (non-hydrogen) atoms. The van der Waals surface area contributed by atoms with Crippen molar-refractivity contribution in [2.75, 3.05) is 13.1 Å². The Hall–Kier alpha value is -0.820. The summed E-state index contributed by atoms with van der Waals surface area (Å²) in [6, 6.07) is 13.0. The van der Waals surface area contributed by atoms with Gasteiger partial charge in [-0.25, -0.2) is 13.1 Å². The number of hydrogen-bond acceptors (Lipinski definition) is 3. The van der Waals surface area contributed by atoms with Gasteiger partial charge in [0.2, 0.25) is 10.0 Å². The van der Waals surface area contributed by atoms with Gasteiger partial charge in [-0.05, 0) is 80.9 Å². The summed E-state index contributed by atoms with van der Waals surface area (Å²) in [5.41, 5.74) is 1.33. The Balaban J connectivity index is 1.37. The van der Waals surface area contributed by atoms with Crippen LogP contribution in [0.15, 0.2) is 47.4 Å². The summed E-state index contributed by atoms with van der Waals surface area (Å²) in [5, 5.41) is 1.09. The van der Waals surface area contributed by atoms with Crippen molar-refractivity contribution >= 4 is 44.8 Å². The summed E-state index contributed by atoms with van der Waals surface area (Å²) in [5.74, 6) is 0.652. The van der Waals surface area contributed by atoms with Crippen LogP contribution in [0.3, 0.4) is 0 Å². The van der Waals surface area contributed by atoms with Gasteiger partial charge in [0.25, 0.3) is 0 Å². The van der Waals surface area contributed by atoms with Crippen LogP contribution in [0.1, 0.15) is 37.7 Å². The van der Waals surface area contributed by atoms with Gasteiger partial charge in [-0.3, -0.25) is 4.90 Å². The van der Waals surface area contributed by atoms with E-state index in [0.29, 0.717) is 5.92 Å². The predicted molar refractivity (Wildman–Crippen MR) is 128 cm³/mol. The first kappa shape index (κ1) is 23.3. The maximum absolute atomic E-state index is 13.0. The first-order chi connectivity index (χ1) is 14.8. The van der Waals surface area contributed by atoms with Gasteiger partial charge in [0.1, 0.15) is 4.90 Å². The third-order valence-electron chi connectivity index (χ3n) is 6.55. The molecule has 1 saturated heterocycles. The molecule has 0 amide bonds. The van der Waals surface area contributed by atoms with Crippen molar-refractivity contribution in [3.63, 3.8) is 0 Å². The van der Waals surface area contributed by atoms with Gasteiger partial charge in [-0.1, -0.05) is 59.4 Å². The normalized spacial score (nSPS) is 23.3. The number of nitrogens with zero attached hydrogens (tertiary/aromatic N) is 1. The minimum Gasteiger partial charge on any atom is -0.299 e. The molecule has 2 unspecified atom stereocenters. The Kier molecular flexibility index (Phi) is 7.52. The number of benzene rings is 2. The molecule has 2 aliphatic rings. The van der Waals surface area contributed by atoms with Crippen molar-refractivity contribution in [2.24, 2.45) is 5.92 Å². The maximum Gasteiger partial charge on any atom is 0.242 e. The third-order valence-corrected chi connectivity index (χ3v) is 9.26. The van der Waals surface area contributed by atoms with Crippen LogP contribution >= 0.6 is 34.8 Å². The second-order valence-electron chi connectivity index (χ2n) is 8.59. The highest BCUT2D eigenvalue weighted by Crippen LogP contribution is 2.33. The minimum absolute atomic E-state index is 0.0500. The van der Waals surface area contributed by atoms with Crippen molar-refractivity contribution in [2.45, 2.75) is 55.5 Å². The minimum atomic E-state index is -3.73. The van der Waals surface area contributed by atoms with Gasteiger partial charge < -0.3 is 0 Å². The van der Waals surface area contributed by atoms with Gasteiger partial charge in [0, 0.05) is 17.1 Å². The van der Waals surface area contributed by atoms with Crippen molar-refractivity contribution in [3.8, 4) is 0 Å². The van der Waals surface area contributed by atoms with Gasteiger partial charge in [0.15, 0.2) is 0 Å². The molecule has 4 nitrogen and oxygen atoms in total. The summed E-state index contributed by atoms with van der Waals surface area (Å²) in [7, 11) is -3.73. The molecule has 0 bridgehead atoms. The van der Waals surface area contributed by atoms with Crippen molar-refractivity contribution < 1.29 is 8.42 Å². The standard InChI is InChI=1S/C23H27Cl3N2O2S/c24-18-9-7-16(8-10-18)15-17-11-13-28(14-12-17)21-5-2-4-20(21)27-31(29,30)22-6-1-3-19(25)23(22)26/h1,3,6-10,17,20-21,27H,2,4-5,11-15H2. The first-order valence-electron chi connectivity index (χ1n) is 10.8. The van der Waals surface area contributed by atoms with E-state index in [-0.39, 0.29) is 27.0 Å². The van der Waals surface area contributed by atoms with Crippen LogP contribution in [0.5, 0.6) is 0 Å². The molecule has 1 N–H and O–H groups in total. The van der Waals surface area contributed by atoms with E-state index in [0.717, 1.165) is 56.6 Å². The van der Waals surface area contributed by atoms with Crippen LogP contribution < -0.4 is 4.72 Å². The van der Waals surface area contributed by atoms with Crippen LogP contribution in [-0.4, -0.2) is 38.5 Å². The van der Waals surface area contributed by atoms with Crippen molar-refractivity contribution in [3.05, 3.63) is 63.1 Å². The summed E-state index contributed by atoms with van der Waals surface area (Å²) in [4.78, 5) is 2.52. The number of likely N-dealkylation sites (tertiary alicyclic amines) is 1. The monoisotopic (exact) mass is 500 g/mol. The molecule has 8 heteroatoms. The van der Waals surface area contributed by atoms with Gasteiger partial charge >= 0.3 is 0 Å². The fraction of sp³-hybridized carbons (Fsp3) is 0.478. The quantitative estimate of drug-likeness (QED) is 0.544. The number of sulfonamides is 1. The zero-order valence-electron chi connectivity index (χ0n) is 17.2. The van der Waals surface area contributed by atoms with Crippen LogP contribution in [0.4, 0.5) is 0 Å². The predicted octanol–water partition coefficient (Wildman–Crippen LogP) is 5.80. The van der Waals surface area contributed by atoms with E-state index in [1.165, 1.54) is 11.6 Å². The van der Waals surface area contributed by atoms with E-state index in [1.54, 1.807) is 12.1 Å². The van der Waals surface area contributed by atoms with Crippen LogP contribution in [0, 0.1) is 5.92 Å². The van der Waals surface area contributed by atoms with E-state index in [2.05, 4.69) is 21.8 Å². The lowest BCUT2D eigenvalue weighted by Crippen LogP contribution is -2.51. The van der Waals surface area contributed by atoms with E-state index in [4.69, 9.17) is 34.8 Å². The molecular formula is C23H27Cl3N2O2S. The molecule has 2 atom stereocenters. The zero-order chi connectivity index (χ0) is 22.0. The highest BCUT2D eigenvalue weighted by molar-refractivity contribution is 7.89. The molecule has 1 aliphatic heterocycles. The maximum atomic E-state index is 13.0. The fourth-order valence-electron chi connectivity index (χ4n) is 4.91. The topological polar surface area (TPSA) is 49.4 Å². The molecule has 4 rings (SSSR count). The van der Waals surface area contributed by atoms with Gasteiger partial charge in [-0.15, -0.1) is 0 Å². The molecular weight excluding hydrogens is 475 g/mol. The smallest absolute Gasteiger partial charge is 0.242 e. The summed E-state index contributed by atoms with van der Waals surface area (Å²) >= 11 is 18.2. The van der Waals surface area contributed by atoms with E-state index < -0.39 is 10.0 Å². The van der Waals surface area contributed by atoms with E-state index in [9.17, 15) is 8.42 Å². The second-order valence-corrected chi connectivity index (χ2v) is 11.5. The molecule has 0 spiro atoms. The lowest BCUT2D eigenvalue weighted by Gasteiger charge is -2.38. The van der Waals surface area contributed by atoms with E-state index >= 15 is 0 Å². The molecule has 2 aromatic carbocycles. The number of hydrogen-bond donors (Lipinski definition) is 1. The average Bonchev–Trinajstić information content (AvgIpc) is 3.19. The lowest BCUT2D eigenvalue weighted by molar-refractivity contribution is 0.122. The lowest BCUT2D eigenvalue weighted by atomic mass is 9.89. The largest absolute Gasteiger partial charge is 0.299 e. The second kappa shape index (κ2) is 9.98. The molecule has 1 aliphatic carbocycles. The van der Waals surface area contributed by atoms with Crippen LogP contribution in [0.25, 0.3) is 0 Å². The molecule has 1 heterocycles. The SMILES string of the molecule is O=S(=O)(NC1CCCC1N1CCC(Cc2ccc(Cl)cc2)CC1)c1cccc(Cl)c1Cl. The third kappa shape index (κ3) is 5.58. The zero-order valence-corrected chi connectivity index (χ0v) is 20.3. The summed E-state index contributed by atoms with van der Waals surface area (Å²) < 4.78 is 28.9. The Morgan fingerprint density at radius 3 is 2.35 bits per heavy atom. The molecule has 1 saturated carbocycles. The number of nitrogens with one attached hydrogen (secondary N) is 1. The highest BCUT2D eigenvalue weighted by Gasteiger charge is 2.37. The average molecular weight is 502 g/mol.